The zero-order valence-electron chi connectivity index (χ0n) is 13.6. The van der Waals surface area contributed by atoms with E-state index in [1.165, 1.54) is 0 Å². The van der Waals surface area contributed by atoms with Crippen LogP contribution >= 0.6 is 35.0 Å². The van der Waals surface area contributed by atoms with E-state index in [1.54, 1.807) is 0 Å². The van der Waals surface area contributed by atoms with Crippen LogP contribution in [0.1, 0.15) is 23.1 Å². The number of alkyl halides is 9. The molecule has 2 rings (SSSR count). The van der Waals surface area contributed by atoms with Gasteiger partial charge in [-0.05, 0) is 23.9 Å². The Morgan fingerprint density at radius 1 is 1.03 bits per heavy atom. The van der Waals surface area contributed by atoms with E-state index in [9.17, 15) is 44.6 Å². The van der Waals surface area contributed by atoms with Gasteiger partial charge in [0.05, 0.1) is 26.2 Å². The molecule has 4 nitrogen and oxygen atoms in total. The molecule has 0 spiro atoms. The summed E-state index contributed by atoms with van der Waals surface area (Å²) in [5, 5.41) is 20.0. The van der Waals surface area contributed by atoms with Gasteiger partial charge in [-0.15, -0.1) is 0 Å². The summed E-state index contributed by atoms with van der Waals surface area (Å²) in [6.07, 6.45) is -14.1. The predicted molar refractivity (Wildman–Crippen MR) is 86.2 cm³/mol. The van der Waals surface area contributed by atoms with Crippen molar-refractivity contribution in [3.63, 3.8) is 0 Å². The zero-order chi connectivity index (χ0) is 23.2. The van der Waals surface area contributed by atoms with Crippen LogP contribution in [-0.2, 0) is 6.18 Å². The molecule has 16 heteroatoms. The van der Waals surface area contributed by atoms with Gasteiger partial charge in [0, 0.05) is 0 Å². The van der Waals surface area contributed by atoms with Crippen LogP contribution in [0.3, 0.4) is 0 Å². The Morgan fingerprint density at radius 2 is 1.53 bits per heavy atom. The smallest absolute Gasteiger partial charge is 0.378 e. The van der Waals surface area contributed by atoms with Crippen LogP contribution in [0.5, 0.6) is 0 Å². The summed E-state index contributed by atoms with van der Waals surface area (Å²) < 4.78 is 116. The monoisotopic (exact) mass is 503 g/mol. The molecule has 1 unspecified atom stereocenters. The highest BCUT2D eigenvalue weighted by atomic mass is 35.5. The summed E-state index contributed by atoms with van der Waals surface area (Å²) in [7, 11) is 0. The molecule has 1 heterocycles. The minimum atomic E-state index is -5.53. The van der Waals surface area contributed by atoms with Crippen molar-refractivity contribution in [3.05, 3.63) is 39.1 Å². The molecule has 0 aliphatic rings. The molecule has 0 radical (unpaired) electrons. The lowest BCUT2D eigenvalue weighted by molar-refractivity contribution is -0.209. The number of hydrogen-bond donors (Lipinski definition) is 1. The highest BCUT2D eigenvalue weighted by Gasteiger charge is 2.46. The summed E-state index contributed by atoms with van der Waals surface area (Å²) in [6.45, 7) is 0. The predicted octanol–water partition coefficient (Wildman–Crippen LogP) is 6.28. The van der Waals surface area contributed by atoms with Crippen molar-refractivity contribution < 1.29 is 44.6 Å². The molecule has 0 amide bonds. The molecule has 1 atom stereocenters. The van der Waals surface area contributed by atoms with Gasteiger partial charge in [-0.1, -0.05) is 23.2 Å². The van der Waals surface area contributed by atoms with Crippen LogP contribution in [0, 0.1) is 11.3 Å². The van der Waals surface area contributed by atoms with Crippen LogP contribution in [0.15, 0.2) is 17.0 Å². The number of aliphatic hydroxyl groups is 1. The van der Waals surface area contributed by atoms with Gasteiger partial charge >= 0.3 is 17.9 Å². The third-order valence-corrected chi connectivity index (χ3v) is 4.74. The minimum absolute atomic E-state index is 0.0321. The Labute approximate surface area is 174 Å². The van der Waals surface area contributed by atoms with Gasteiger partial charge in [0.1, 0.15) is 11.8 Å². The third-order valence-electron chi connectivity index (χ3n) is 3.32. The summed E-state index contributed by atoms with van der Waals surface area (Å²) in [6, 6.07) is 1.63. The Balaban J connectivity index is 2.89. The maximum absolute atomic E-state index is 13.1. The van der Waals surface area contributed by atoms with Gasteiger partial charge in [0.15, 0.2) is 11.8 Å². The van der Waals surface area contributed by atoms with Crippen LogP contribution in [0.2, 0.25) is 10.0 Å². The molecule has 1 N–H and O–H groups in total. The number of nitriles is 1. The van der Waals surface area contributed by atoms with Gasteiger partial charge < -0.3 is 5.11 Å². The fraction of sp³-hybridized carbons (Fsp3) is 0.286. The molecule has 2 aromatic rings. The summed E-state index contributed by atoms with van der Waals surface area (Å²) >= 11 is 10.2. The normalized spacial score (nSPS) is 14.0. The second-order valence-corrected chi connectivity index (χ2v) is 7.25. The van der Waals surface area contributed by atoms with Gasteiger partial charge in [0.25, 0.3) is 0 Å². The van der Waals surface area contributed by atoms with Crippen molar-refractivity contribution in [2.45, 2.75) is 28.9 Å². The molecule has 0 saturated heterocycles. The summed E-state index contributed by atoms with van der Waals surface area (Å²) in [4.78, 5) is -1.41. The van der Waals surface area contributed by atoms with E-state index in [1.807, 2.05) is 0 Å². The van der Waals surface area contributed by atoms with Crippen LogP contribution < -0.4 is 0 Å². The topological polar surface area (TPSA) is 61.8 Å². The Kier molecular flexibility index (Phi) is 6.54. The lowest BCUT2D eigenvalue weighted by Gasteiger charge is -2.20. The quantitative estimate of drug-likeness (QED) is 0.395. The van der Waals surface area contributed by atoms with Crippen molar-refractivity contribution in [1.82, 2.24) is 9.78 Å². The molecule has 30 heavy (non-hydrogen) atoms. The van der Waals surface area contributed by atoms with Crippen molar-refractivity contribution in [1.29, 1.82) is 5.26 Å². The van der Waals surface area contributed by atoms with E-state index < -0.39 is 73.3 Å². The van der Waals surface area contributed by atoms with E-state index >= 15 is 0 Å². The number of hydrogen-bond acceptors (Lipinski definition) is 4. The van der Waals surface area contributed by atoms with E-state index in [2.05, 4.69) is 5.10 Å². The molecule has 1 aromatic heterocycles. The lowest BCUT2D eigenvalue weighted by atomic mass is 10.1. The number of benzene rings is 1. The lowest BCUT2D eigenvalue weighted by Crippen LogP contribution is -2.24. The van der Waals surface area contributed by atoms with E-state index in [4.69, 9.17) is 28.5 Å². The summed E-state index contributed by atoms with van der Waals surface area (Å²) in [5.41, 5.74) is -10.3. The minimum Gasteiger partial charge on any atom is -0.378 e. The zero-order valence-corrected chi connectivity index (χ0v) is 15.9. The first-order chi connectivity index (χ1) is 13.5. The van der Waals surface area contributed by atoms with Gasteiger partial charge in [-0.25, -0.2) is 4.68 Å². The number of aromatic nitrogens is 2. The first kappa shape index (κ1) is 24.4. The van der Waals surface area contributed by atoms with Crippen molar-refractivity contribution in [2.24, 2.45) is 0 Å². The van der Waals surface area contributed by atoms with Crippen molar-refractivity contribution >= 4 is 35.0 Å². The van der Waals surface area contributed by atoms with E-state index in [0.717, 1.165) is 6.07 Å². The Morgan fingerprint density at radius 3 is 1.90 bits per heavy atom. The van der Waals surface area contributed by atoms with Gasteiger partial charge in [-0.2, -0.15) is 49.9 Å². The van der Waals surface area contributed by atoms with Gasteiger partial charge in [-0.3, -0.25) is 0 Å². The molecular weight excluding hydrogens is 500 g/mol. The first-order valence-electron chi connectivity index (χ1n) is 7.07. The highest BCUT2D eigenvalue weighted by molar-refractivity contribution is 8.00. The number of aliphatic hydroxyl groups excluding tert-OH is 1. The third kappa shape index (κ3) is 5.08. The molecule has 0 fully saturated rings. The summed E-state index contributed by atoms with van der Waals surface area (Å²) in [5.74, 6) is 0. The number of thioether (sulfide) groups is 1. The standard InChI is InChI=1S/C14H4Cl2F9N3OS/c15-5-1-4(12(17,18)19)2-6(16)8(5)28-9(11(29)13(20,21)22)10(7(3-26)27-28)30-14(23,24)25/h1-2,11,29H. The molecule has 1 aromatic carbocycles. The van der Waals surface area contributed by atoms with E-state index in [-0.39, 0.29) is 16.8 Å². The maximum Gasteiger partial charge on any atom is 0.446 e. The average Bonchev–Trinajstić information content (AvgIpc) is 2.87. The maximum atomic E-state index is 13.1. The second kappa shape index (κ2) is 8.03. The van der Waals surface area contributed by atoms with E-state index in [0.29, 0.717) is 0 Å². The Hall–Kier alpha value is -1.82. The number of halogens is 11. The number of rotatable bonds is 3. The molecular formula is C14H4Cl2F9N3OS. The molecule has 0 aliphatic carbocycles. The first-order valence-corrected chi connectivity index (χ1v) is 8.64. The van der Waals surface area contributed by atoms with Crippen LogP contribution in [0.25, 0.3) is 5.69 Å². The molecule has 0 aliphatic heterocycles. The molecule has 0 saturated carbocycles. The molecule has 0 bridgehead atoms. The van der Waals surface area contributed by atoms with Crippen LogP contribution in [0.4, 0.5) is 39.5 Å². The number of nitrogens with zero attached hydrogens (tertiary/aromatic N) is 3. The fourth-order valence-corrected chi connectivity index (χ4v) is 3.57. The van der Waals surface area contributed by atoms with Gasteiger partial charge in [0.2, 0.25) is 0 Å². The average molecular weight is 504 g/mol. The SMILES string of the molecule is N#Cc1nn(-c2c(Cl)cc(C(F)(F)F)cc2Cl)c(C(O)C(F)(F)F)c1SC(F)(F)F. The highest BCUT2D eigenvalue weighted by Crippen LogP contribution is 2.47. The second-order valence-electron chi connectivity index (χ2n) is 5.36. The van der Waals surface area contributed by atoms with Crippen molar-refractivity contribution in [3.8, 4) is 11.8 Å². The Bertz CT molecular complexity index is 985. The fourth-order valence-electron chi connectivity index (χ4n) is 2.20. The van der Waals surface area contributed by atoms with Crippen LogP contribution in [-0.4, -0.2) is 26.6 Å². The molecule has 164 valence electrons. The van der Waals surface area contributed by atoms with Crippen molar-refractivity contribution in [2.75, 3.05) is 0 Å². The largest absolute Gasteiger partial charge is 0.446 e.